The van der Waals surface area contributed by atoms with E-state index in [4.69, 9.17) is 5.84 Å². The highest BCUT2D eigenvalue weighted by molar-refractivity contribution is 8.00. The van der Waals surface area contributed by atoms with Crippen molar-refractivity contribution >= 4 is 11.8 Å². The highest BCUT2D eigenvalue weighted by Crippen LogP contribution is 2.45. The molecular formula is C11H22N2S. The number of hydrogen-bond donors (Lipinski definition) is 2. The molecule has 1 saturated carbocycles. The number of nitrogens with two attached hydrogens (primary N) is 1. The molecule has 0 radical (unpaired) electrons. The summed E-state index contributed by atoms with van der Waals surface area (Å²) in [5.74, 6) is 7.90. The van der Waals surface area contributed by atoms with E-state index in [9.17, 15) is 0 Å². The van der Waals surface area contributed by atoms with E-state index >= 15 is 0 Å². The van der Waals surface area contributed by atoms with Crippen LogP contribution in [0.15, 0.2) is 0 Å². The summed E-state index contributed by atoms with van der Waals surface area (Å²) in [5.41, 5.74) is 3.11. The van der Waals surface area contributed by atoms with Gasteiger partial charge in [0.05, 0.1) is 0 Å². The van der Waals surface area contributed by atoms with Crippen molar-refractivity contribution in [1.82, 2.24) is 5.43 Å². The lowest BCUT2D eigenvalue weighted by molar-refractivity contribution is 0.295. The Morgan fingerprint density at radius 3 is 2.57 bits per heavy atom. The number of nitrogens with one attached hydrogen (secondary N) is 1. The lowest BCUT2D eigenvalue weighted by Gasteiger charge is -2.37. The van der Waals surface area contributed by atoms with Crippen molar-refractivity contribution in [2.75, 3.05) is 5.75 Å². The maximum atomic E-state index is 5.75. The summed E-state index contributed by atoms with van der Waals surface area (Å²) in [6.45, 7) is 2.40. The fourth-order valence-corrected chi connectivity index (χ4v) is 4.63. The minimum absolute atomic E-state index is 0.407. The molecule has 2 aliphatic rings. The molecule has 0 aromatic heterocycles. The Hall–Kier alpha value is 0.270. The minimum Gasteiger partial charge on any atom is -0.271 e. The zero-order valence-electron chi connectivity index (χ0n) is 9.09. The maximum Gasteiger partial charge on any atom is 0.0383 e. The second-order valence-corrected chi connectivity index (χ2v) is 6.58. The normalized spacial score (nSPS) is 36.4. The third-order valence-electron chi connectivity index (χ3n) is 3.96. The molecule has 2 atom stereocenters. The summed E-state index contributed by atoms with van der Waals surface area (Å²) in [4.78, 5) is 0. The molecule has 3 N–H and O–H groups in total. The highest BCUT2D eigenvalue weighted by atomic mass is 32.2. The molecule has 2 unspecified atom stereocenters. The Balaban J connectivity index is 2.03. The van der Waals surface area contributed by atoms with Crippen LogP contribution < -0.4 is 11.3 Å². The first kappa shape index (κ1) is 10.8. The van der Waals surface area contributed by atoms with Crippen molar-refractivity contribution in [2.24, 2.45) is 11.8 Å². The van der Waals surface area contributed by atoms with Crippen molar-refractivity contribution in [3.63, 3.8) is 0 Å². The van der Waals surface area contributed by atoms with E-state index in [0.29, 0.717) is 10.8 Å². The van der Waals surface area contributed by atoms with Gasteiger partial charge in [-0.3, -0.25) is 11.3 Å². The van der Waals surface area contributed by atoms with E-state index < -0.39 is 0 Å². The SMILES string of the molecule is CC1(C(NN)C2CCCC2)CCCS1. The molecular weight excluding hydrogens is 192 g/mol. The van der Waals surface area contributed by atoms with Gasteiger partial charge < -0.3 is 0 Å². The average molecular weight is 214 g/mol. The molecule has 0 aromatic carbocycles. The zero-order valence-corrected chi connectivity index (χ0v) is 9.91. The van der Waals surface area contributed by atoms with Crippen molar-refractivity contribution in [3.05, 3.63) is 0 Å². The number of rotatable bonds is 3. The Morgan fingerprint density at radius 2 is 2.07 bits per heavy atom. The highest BCUT2D eigenvalue weighted by Gasteiger charge is 2.41. The summed E-state index contributed by atoms with van der Waals surface area (Å²) >= 11 is 2.12. The van der Waals surface area contributed by atoms with E-state index in [-0.39, 0.29) is 0 Å². The Morgan fingerprint density at radius 1 is 1.36 bits per heavy atom. The summed E-state index contributed by atoms with van der Waals surface area (Å²) in [7, 11) is 0. The van der Waals surface area contributed by atoms with Crippen LogP contribution in [-0.4, -0.2) is 16.5 Å². The molecule has 0 amide bonds. The van der Waals surface area contributed by atoms with Crippen LogP contribution in [0.5, 0.6) is 0 Å². The fourth-order valence-electron chi connectivity index (χ4n) is 3.15. The van der Waals surface area contributed by atoms with Crippen LogP contribution in [0.1, 0.15) is 45.4 Å². The van der Waals surface area contributed by atoms with Crippen molar-refractivity contribution in [2.45, 2.75) is 56.2 Å². The van der Waals surface area contributed by atoms with Gasteiger partial charge in [-0.15, -0.1) is 0 Å². The molecule has 3 heteroatoms. The topological polar surface area (TPSA) is 38.0 Å². The second kappa shape index (κ2) is 4.42. The molecule has 1 heterocycles. The van der Waals surface area contributed by atoms with Crippen LogP contribution in [0.2, 0.25) is 0 Å². The van der Waals surface area contributed by atoms with Gasteiger partial charge >= 0.3 is 0 Å². The summed E-state index contributed by atoms with van der Waals surface area (Å²) < 4.78 is 0.407. The van der Waals surface area contributed by atoms with E-state index in [0.717, 1.165) is 5.92 Å². The third-order valence-corrected chi connectivity index (χ3v) is 5.57. The lowest BCUT2D eigenvalue weighted by Crippen LogP contribution is -2.52. The molecule has 1 aliphatic carbocycles. The van der Waals surface area contributed by atoms with Gasteiger partial charge in [0.1, 0.15) is 0 Å². The van der Waals surface area contributed by atoms with Gasteiger partial charge in [0.2, 0.25) is 0 Å². The quantitative estimate of drug-likeness (QED) is 0.559. The number of hydrogen-bond acceptors (Lipinski definition) is 3. The van der Waals surface area contributed by atoms with Crippen molar-refractivity contribution in [1.29, 1.82) is 0 Å². The van der Waals surface area contributed by atoms with Crippen LogP contribution >= 0.6 is 11.8 Å². The second-order valence-electron chi connectivity index (χ2n) is 4.95. The van der Waals surface area contributed by atoms with Crippen LogP contribution in [0.4, 0.5) is 0 Å². The van der Waals surface area contributed by atoms with Gasteiger partial charge in [0.25, 0.3) is 0 Å². The lowest BCUT2D eigenvalue weighted by atomic mass is 9.85. The van der Waals surface area contributed by atoms with E-state index in [1.807, 2.05) is 0 Å². The van der Waals surface area contributed by atoms with Crippen LogP contribution in [0.3, 0.4) is 0 Å². The van der Waals surface area contributed by atoms with Gasteiger partial charge in [0, 0.05) is 10.8 Å². The minimum atomic E-state index is 0.407. The predicted molar refractivity (Wildman–Crippen MR) is 63.2 cm³/mol. The Labute approximate surface area is 91.4 Å². The fraction of sp³-hybridized carbons (Fsp3) is 1.00. The molecule has 1 aliphatic heterocycles. The maximum absolute atomic E-state index is 5.75. The van der Waals surface area contributed by atoms with Gasteiger partial charge in [-0.05, 0) is 44.3 Å². The van der Waals surface area contributed by atoms with Crippen LogP contribution in [0, 0.1) is 5.92 Å². The predicted octanol–water partition coefficient (Wildman–Crippen LogP) is 2.29. The van der Waals surface area contributed by atoms with E-state index in [2.05, 4.69) is 24.1 Å². The largest absolute Gasteiger partial charge is 0.271 e. The molecule has 2 rings (SSSR count). The number of hydrazine groups is 1. The monoisotopic (exact) mass is 214 g/mol. The third kappa shape index (κ3) is 1.95. The molecule has 2 nitrogen and oxygen atoms in total. The summed E-state index contributed by atoms with van der Waals surface area (Å²) in [6.07, 6.45) is 8.28. The first-order valence-electron chi connectivity index (χ1n) is 5.86. The number of thioether (sulfide) groups is 1. The smallest absolute Gasteiger partial charge is 0.0383 e. The molecule has 82 valence electrons. The first-order chi connectivity index (χ1) is 6.76. The molecule has 0 spiro atoms. The summed E-state index contributed by atoms with van der Waals surface area (Å²) in [5, 5.41) is 0. The van der Waals surface area contributed by atoms with Crippen molar-refractivity contribution < 1.29 is 0 Å². The van der Waals surface area contributed by atoms with E-state index in [1.165, 1.54) is 44.3 Å². The molecule has 14 heavy (non-hydrogen) atoms. The Kier molecular flexibility index (Phi) is 3.40. The molecule has 0 bridgehead atoms. The zero-order chi connectivity index (χ0) is 10.0. The molecule has 2 fully saturated rings. The average Bonchev–Trinajstić information content (AvgIpc) is 2.78. The first-order valence-corrected chi connectivity index (χ1v) is 6.85. The van der Waals surface area contributed by atoms with Crippen LogP contribution in [0.25, 0.3) is 0 Å². The van der Waals surface area contributed by atoms with Gasteiger partial charge in [-0.25, -0.2) is 0 Å². The van der Waals surface area contributed by atoms with Crippen molar-refractivity contribution in [3.8, 4) is 0 Å². The standard InChI is InChI=1S/C11H22N2S/c1-11(7-4-8-14-11)10(13-12)9-5-2-3-6-9/h9-10,13H,2-8,12H2,1H3. The van der Waals surface area contributed by atoms with Gasteiger partial charge in [-0.2, -0.15) is 11.8 Å². The Bertz CT molecular complexity index is 184. The van der Waals surface area contributed by atoms with Gasteiger partial charge in [-0.1, -0.05) is 12.8 Å². The van der Waals surface area contributed by atoms with E-state index in [1.54, 1.807) is 0 Å². The molecule has 0 aromatic rings. The molecule has 1 saturated heterocycles. The van der Waals surface area contributed by atoms with Crippen LogP contribution in [-0.2, 0) is 0 Å². The summed E-state index contributed by atoms with van der Waals surface area (Å²) in [6, 6.07) is 0.539. The van der Waals surface area contributed by atoms with Gasteiger partial charge in [0.15, 0.2) is 0 Å².